The van der Waals surface area contributed by atoms with Crippen LogP contribution in [0.15, 0.2) is 9.85 Å². The first-order chi connectivity index (χ1) is 9.37. The van der Waals surface area contributed by atoms with Gasteiger partial charge in [0.25, 0.3) is 0 Å². The van der Waals surface area contributed by atoms with E-state index in [1.54, 1.807) is 11.3 Å². The normalized spacial score (nSPS) is 19.2. The summed E-state index contributed by atoms with van der Waals surface area (Å²) >= 11 is 5.02. The highest BCUT2D eigenvalue weighted by Gasteiger charge is 2.32. The molecule has 1 aliphatic heterocycles. The molecule has 1 atom stereocenters. The van der Waals surface area contributed by atoms with Gasteiger partial charge in [-0.2, -0.15) is 13.2 Å². The van der Waals surface area contributed by atoms with Crippen molar-refractivity contribution in [3.05, 3.63) is 20.3 Å². The molecule has 1 aliphatic rings. The summed E-state index contributed by atoms with van der Waals surface area (Å²) in [5.41, 5.74) is 1.09. The molecule has 2 heterocycles. The molecule has 0 bridgehead atoms. The maximum atomic E-state index is 12.5. The minimum atomic E-state index is -4.09. The quantitative estimate of drug-likeness (QED) is 0.857. The predicted molar refractivity (Wildman–Crippen MR) is 79.2 cm³/mol. The number of hydrogen-bond donors (Lipinski definition) is 1. The minimum Gasteiger partial charge on any atom is -0.314 e. The summed E-state index contributed by atoms with van der Waals surface area (Å²) in [4.78, 5) is 3.19. The second kappa shape index (κ2) is 6.77. The van der Waals surface area contributed by atoms with Gasteiger partial charge in [0.1, 0.15) is 0 Å². The van der Waals surface area contributed by atoms with Crippen LogP contribution in [0.4, 0.5) is 13.2 Å². The van der Waals surface area contributed by atoms with Gasteiger partial charge >= 0.3 is 6.18 Å². The zero-order valence-electron chi connectivity index (χ0n) is 11.3. The Morgan fingerprint density at radius 3 is 2.55 bits per heavy atom. The molecule has 7 heteroatoms. The third-order valence-corrected chi connectivity index (χ3v) is 5.74. The van der Waals surface area contributed by atoms with Crippen LogP contribution in [-0.4, -0.2) is 37.3 Å². The molecule has 1 saturated heterocycles. The van der Waals surface area contributed by atoms with E-state index in [0.717, 1.165) is 40.4 Å². The first kappa shape index (κ1) is 16.3. The molecule has 1 N–H and O–H groups in total. The van der Waals surface area contributed by atoms with E-state index in [0.29, 0.717) is 0 Å². The molecular formula is C13H18BrF3N2S. The molecule has 1 fully saturated rings. The van der Waals surface area contributed by atoms with Crippen LogP contribution in [0, 0.1) is 6.92 Å². The predicted octanol–water partition coefficient (Wildman–Crippen LogP) is 4.11. The van der Waals surface area contributed by atoms with Crippen molar-refractivity contribution in [3.8, 4) is 0 Å². The van der Waals surface area contributed by atoms with Gasteiger partial charge in [0.15, 0.2) is 0 Å². The third-order valence-electron chi connectivity index (χ3n) is 3.50. The third kappa shape index (κ3) is 4.44. The minimum absolute atomic E-state index is 0.131. The number of halogens is 4. The van der Waals surface area contributed by atoms with Crippen molar-refractivity contribution in [2.24, 2.45) is 0 Å². The molecule has 0 saturated carbocycles. The van der Waals surface area contributed by atoms with Gasteiger partial charge in [0, 0.05) is 43.5 Å². The van der Waals surface area contributed by atoms with Gasteiger partial charge < -0.3 is 5.32 Å². The van der Waals surface area contributed by atoms with Crippen molar-refractivity contribution in [3.63, 3.8) is 0 Å². The van der Waals surface area contributed by atoms with E-state index in [4.69, 9.17) is 0 Å². The molecule has 0 unspecified atom stereocenters. The van der Waals surface area contributed by atoms with Crippen LogP contribution in [0.1, 0.15) is 29.3 Å². The van der Waals surface area contributed by atoms with E-state index >= 15 is 0 Å². The Labute approximate surface area is 129 Å². The number of piperazine rings is 1. The monoisotopic (exact) mass is 370 g/mol. The van der Waals surface area contributed by atoms with E-state index < -0.39 is 12.6 Å². The highest BCUT2D eigenvalue weighted by molar-refractivity contribution is 9.11. The van der Waals surface area contributed by atoms with Crippen LogP contribution >= 0.6 is 27.3 Å². The smallest absolute Gasteiger partial charge is 0.314 e. The lowest BCUT2D eigenvalue weighted by atomic mass is 10.1. The molecule has 0 radical (unpaired) electrons. The number of alkyl halides is 3. The SMILES string of the molecule is Cc1cc([C@@H](CCC(F)(F)F)N2CCNCC2)sc1Br. The molecular weight excluding hydrogens is 353 g/mol. The van der Waals surface area contributed by atoms with Crippen LogP contribution in [-0.2, 0) is 0 Å². The van der Waals surface area contributed by atoms with Crippen molar-refractivity contribution in [1.82, 2.24) is 10.2 Å². The Morgan fingerprint density at radius 1 is 1.40 bits per heavy atom. The van der Waals surface area contributed by atoms with Crippen molar-refractivity contribution in [2.45, 2.75) is 32.0 Å². The largest absolute Gasteiger partial charge is 0.389 e. The fraction of sp³-hybridized carbons (Fsp3) is 0.692. The molecule has 2 rings (SSSR count). The van der Waals surface area contributed by atoms with Crippen LogP contribution in [0.25, 0.3) is 0 Å². The zero-order valence-corrected chi connectivity index (χ0v) is 13.7. The molecule has 114 valence electrons. The second-order valence-corrected chi connectivity index (χ2v) is 7.46. The summed E-state index contributed by atoms with van der Waals surface area (Å²) in [5.74, 6) is 0. The lowest BCUT2D eigenvalue weighted by Crippen LogP contribution is -2.45. The number of aryl methyl sites for hydroxylation is 1. The van der Waals surface area contributed by atoms with Crippen molar-refractivity contribution in [1.29, 1.82) is 0 Å². The maximum Gasteiger partial charge on any atom is 0.389 e. The average Bonchev–Trinajstić information content (AvgIpc) is 2.69. The van der Waals surface area contributed by atoms with E-state index in [1.807, 2.05) is 13.0 Å². The van der Waals surface area contributed by atoms with Crippen molar-refractivity contribution >= 4 is 27.3 Å². The van der Waals surface area contributed by atoms with E-state index in [9.17, 15) is 13.2 Å². The summed E-state index contributed by atoms with van der Waals surface area (Å²) in [6, 6.07) is 1.88. The lowest BCUT2D eigenvalue weighted by molar-refractivity contribution is -0.138. The van der Waals surface area contributed by atoms with Crippen LogP contribution in [0.3, 0.4) is 0 Å². The molecule has 0 amide bonds. The van der Waals surface area contributed by atoms with Crippen molar-refractivity contribution in [2.75, 3.05) is 26.2 Å². The molecule has 1 aromatic heterocycles. The fourth-order valence-corrected chi connectivity index (χ4v) is 4.19. The summed E-state index contributed by atoms with van der Waals surface area (Å²) in [7, 11) is 0. The summed E-state index contributed by atoms with van der Waals surface area (Å²) in [5, 5.41) is 3.24. The Hall–Kier alpha value is -0.110. The van der Waals surface area contributed by atoms with Crippen molar-refractivity contribution < 1.29 is 13.2 Å². The highest BCUT2D eigenvalue weighted by atomic mass is 79.9. The number of nitrogens with one attached hydrogen (secondary N) is 1. The fourth-order valence-electron chi connectivity index (χ4n) is 2.45. The first-order valence-electron chi connectivity index (χ1n) is 6.64. The van der Waals surface area contributed by atoms with E-state index in [-0.39, 0.29) is 12.5 Å². The Kier molecular flexibility index (Phi) is 5.50. The number of rotatable bonds is 4. The summed E-state index contributed by atoms with van der Waals surface area (Å²) < 4.78 is 38.7. The Bertz CT molecular complexity index is 422. The average molecular weight is 371 g/mol. The number of hydrogen-bond acceptors (Lipinski definition) is 3. The topological polar surface area (TPSA) is 15.3 Å². The van der Waals surface area contributed by atoms with Gasteiger partial charge in [0.2, 0.25) is 0 Å². The summed E-state index contributed by atoms with van der Waals surface area (Å²) in [6.07, 6.45) is -4.68. The second-order valence-electron chi connectivity index (χ2n) is 5.06. The van der Waals surface area contributed by atoms with Gasteiger partial charge in [-0.25, -0.2) is 0 Å². The van der Waals surface area contributed by atoms with Crippen LogP contribution in [0.2, 0.25) is 0 Å². The standard InChI is InChI=1S/C13H18BrF3N2S/c1-9-8-11(20-12(9)14)10(2-3-13(15,16)17)19-6-4-18-5-7-19/h8,10,18H,2-7H2,1H3/t10-/m1/s1. The van der Waals surface area contributed by atoms with Gasteiger partial charge in [-0.1, -0.05) is 0 Å². The van der Waals surface area contributed by atoms with E-state index in [1.165, 1.54) is 0 Å². The van der Waals surface area contributed by atoms with Gasteiger partial charge in [-0.3, -0.25) is 4.90 Å². The zero-order chi connectivity index (χ0) is 14.8. The van der Waals surface area contributed by atoms with Crippen LogP contribution < -0.4 is 5.32 Å². The molecule has 2 nitrogen and oxygen atoms in total. The Balaban J connectivity index is 2.14. The molecule has 0 spiro atoms. The molecule has 0 aromatic carbocycles. The molecule has 20 heavy (non-hydrogen) atoms. The first-order valence-corrected chi connectivity index (χ1v) is 8.25. The van der Waals surface area contributed by atoms with E-state index in [2.05, 4.69) is 26.1 Å². The summed E-state index contributed by atoms with van der Waals surface area (Å²) in [6.45, 7) is 5.26. The number of thiophene rings is 1. The van der Waals surface area contributed by atoms with Gasteiger partial charge in [0.05, 0.1) is 3.79 Å². The highest BCUT2D eigenvalue weighted by Crippen LogP contribution is 2.38. The Morgan fingerprint density at radius 2 is 2.05 bits per heavy atom. The van der Waals surface area contributed by atoms with Crippen LogP contribution in [0.5, 0.6) is 0 Å². The molecule has 1 aromatic rings. The van der Waals surface area contributed by atoms with Gasteiger partial charge in [-0.15, -0.1) is 11.3 Å². The maximum absolute atomic E-state index is 12.5. The van der Waals surface area contributed by atoms with Gasteiger partial charge in [-0.05, 0) is 40.9 Å². The lowest BCUT2D eigenvalue weighted by Gasteiger charge is -2.34. The number of nitrogens with zero attached hydrogens (tertiary/aromatic N) is 1. The molecule has 0 aliphatic carbocycles.